The van der Waals surface area contributed by atoms with Crippen molar-refractivity contribution in [3.8, 4) is 5.75 Å². The van der Waals surface area contributed by atoms with Gasteiger partial charge in [-0.3, -0.25) is 4.79 Å². The van der Waals surface area contributed by atoms with Crippen LogP contribution in [0.15, 0.2) is 57.9 Å². The monoisotopic (exact) mass is 310 g/mol. The Kier molecular flexibility index (Phi) is 4.05. The quantitative estimate of drug-likeness (QED) is 0.749. The highest BCUT2D eigenvalue weighted by molar-refractivity contribution is 5.91. The summed E-state index contributed by atoms with van der Waals surface area (Å²) >= 11 is 0. The minimum absolute atomic E-state index is 0.168. The fraction of sp³-hybridized carbons (Fsp3) is 0.118. The summed E-state index contributed by atoms with van der Waals surface area (Å²) in [6.07, 6.45) is 1.62. The number of aromatic nitrogens is 1. The topological polar surface area (TPSA) is 81.4 Å². The van der Waals surface area contributed by atoms with Crippen LogP contribution in [0.1, 0.15) is 5.56 Å². The molecule has 23 heavy (non-hydrogen) atoms. The first-order chi connectivity index (χ1) is 11.1. The molecule has 1 amide bonds. The number of amides is 1. The van der Waals surface area contributed by atoms with Gasteiger partial charge in [-0.05, 0) is 42.8 Å². The van der Waals surface area contributed by atoms with Gasteiger partial charge in [-0.2, -0.15) is 0 Å². The van der Waals surface area contributed by atoms with Gasteiger partial charge >= 0.3 is 5.63 Å². The summed E-state index contributed by atoms with van der Waals surface area (Å²) in [6, 6.07) is 11.7. The van der Waals surface area contributed by atoms with Crippen molar-refractivity contribution >= 4 is 22.7 Å². The Bertz CT molecular complexity index is 918. The van der Waals surface area contributed by atoms with E-state index in [1.54, 1.807) is 36.5 Å². The number of hydrogen-bond acceptors (Lipinski definition) is 5. The molecule has 6 nitrogen and oxygen atoms in total. The molecule has 2 aromatic heterocycles. The number of carbonyl (C=O) groups is 1. The van der Waals surface area contributed by atoms with Gasteiger partial charge in [-0.25, -0.2) is 9.78 Å². The number of benzene rings is 1. The molecule has 0 saturated carbocycles. The molecule has 3 aromatic rings. The summed E-state index contributed by atoms with van der Waals surface area (Å²) in [6.45, 7) is 1.74. The minimum atomic E-state index is -0.432. The lowest BCUT2D eigenvalue weighted by Gasteiger charge is -2.07. The van der Waals surface area contributed by atoms with Crippen molar-refractivity contribution in [1.29, 1.82) is 0 Å². The van der Waals surface area contributed by atoms with E-state index in [0.29, 0.717) is 17.2 Å². The van der Waals surface area contributed by atoms with E-state index in [0.717, 1.165) is 10.9 Å². The number of carbonyl (C=O) groups excluding carboxylic acids is 1. The summed E-state index contributed by atoms with van der Waals surface area (Å²) in [5.41, 5.74) is 0.981. The van der Waals surface area contributed by atoms with Crippen LogP contribution in [0.25, 0.3) is 11.0 Å². The molecule has 3 rings (SSSR count). The van der Waals surface area contributed by atoms with Crippen LogP contribution >= 0.6 is 0 Å². The first kappa shape index (κ1) is 14.8. The lowest BCUT2D eigenvalue weighted by atomic mass is 10.2. The van der Waals surface area contributed by atoms with E-state index < -0.39 is 5.63 Å². The van der Waals surface area contributed by atoms with Crippen LogP contribution in [-0.4, -0.2) is 17.5 Å². The molecular weight excluding hydrogens is 296 g/mol. The van der Waals surface area contributed by atoms with E-state index in [-0.39, 0.29) is 12.5 Å². The smallest absolute Gasteiger partial charge is 0.336 e. The molecule has 0 unspecified atom stereocenters. The molecule has 2 heterocycles. The van der Waals surface area contributed by atoms with E-state index in [1.807, 2.05) is 13.0 Å². The second kappa shape index (κ2) is 6.31. The number of nitrogens with one attached hydrogen (secondary N) is 1. The summed E-state index contributed by atoms with van der Waals surface area (Å²) < 4.78 is 10.5. The summed E-state index contributed by atoms with van der Waals surface area (Å²) in [5, 5.41) is 3.43. The maximum atomic E-state index is 11.9. The number of ether oxygens (including phenoxy) is 1. The predicted octanol–water partition coefficient (Wildman–Crippen LogP) is 2.51. The fourth-order valence-corrected chi connectivity index (χ4v) is 2.06. The van der Waals surface area contributed by atoms with E-state index in [9.17, 15) is 9.59 Å². The number of pyridine rings is 1. The van der Waals surface area contributed by atoms with Crippen LogP contribution in [-0.2, 0) is 4.79 Å². The number of aryl methyl sites for hydroxylation is 1. The molecule has 0 spiro atoms. The first-order valence-corrected chi connectivity index (χ1v) is 6.99. The van der Waals surface area contributed by atoms with Gasteiger partial charge in [0.25, 0.3) is 5.91 Å². The van der Waals surface area contributed by atoms with Crippen molar-refractivity contribution in [3.05, 3.63) is 64.6 Å². The maximum Gasteiger partial charge on any atom is 0.336 e. The van der Waals surface area contributed by atoms with Gasteiger partial charge < -0.3 is 14.5 Å². The van der Waals surface area contributed by atoms with E-state index >= 15 is 0 Å². The number of anilines is 1. The summed E-state index contributed by atoms with van der Waals surface area (Å²) in [5.74, 6) is 0.597. The standard InChI is InChI=1S/C17H14N2O4/c1-11-6-7-18-15(8-11)19-16(20)10-22-13-4-2-12-3-5-17(21)23-14(12)9-13/h2-9H,10H2,1H3,(H,18,19,20). The fourth-order valence-electron chi connectivity index (χ4n) is 2.06. The highest BCUT2D eigenvalue weighted by Crippen LogP contribution is 2.19. The third-order valence-corrected chi connectivity index (χ3v) is 3.15. The van der Waals surface area contributed by atoms with Crippen LogP contribution in [0.4, 0.5) is 5.82 Å². The molecule has 116 valence electrons. The van der Waals surface area contributed by atoms with Crippen molar-refractivity contribution in [1.82, 2.24) is 4.98 Å². The molecule has 1 N–H and O–H groups in total. The zero-order valence-corrected chi connectivity index (χ0v) is 12.4. The van der Waals surface area contributed by atoms with Crippen LogP contribution in [0.5, 0.6) is 5.75 Å². The molecule has 0 aliphatic rings. The SMILES string of the molecule is Cc1ccnc(NC(=O)COc2ccc3ccc(=O)oc3c2)c1. The van der Waals surface area contributed by atoms with Crippen molar-refractivity contribution < 1.29 is 13.9 Å². The van der Waals surface area contributed by atoms with Crippen LogP contribution in [0.2, 0.25) is 0 Å². The Morgan fingerprint density at radius 3 is 2.87 bits per heavy atom. The number of hydrogen-bond donors (Lipinski definition) is 1. The zero-order chi connectivity index (χ0) is 16.2. The van der Waals surface area contributed by atoms with Gasteiger partial charge in [-0.15, -0.1) is 0 Å². The normalized spacial score (nSPS) is 10.5. The van der Waals surface area contributed by atoms with Gasteiger partial charge in [0.2, 0.25) is 0 Å². The lowest BCUT2D eigenvalue weighted by molar-refractivity contribution is -0.118. The van der Waals surface area contributed by atoms with Crippen LogP contribution < -0.4 is 15.7 Å². The Morgan fingerprint density at radius 2 is 2.04 bits per heavy atom. The highest BCUT2D eigenvalue weighted by Gasteiger charge is 2.06. The third-order valence-electron chi connectivity index (χ3n) is 3.15. The lowest BCUT2D eigenvalue weighted by Crippen LogP contribution is -2.20. The van der Waals surface area contributed by atoms with Gasteiger partial charge in [0, 0.05) is 23.7 Å². The Labute approximate surface area is 131 Å². The van der Waals surface area contributed by atoms with Crippen molar-refractivity contribution in [2.24, 2.45) is 0 Å². The average Bonchev–Trinajstić information content (AvgIpc) is 2.52. The molecule has 0 aliphatic heterocycles. The molecule has 1 aromatic carbocycles. The molecule has 0 radical (unpaired) electrons. The minimum Gasteiger partial charge on any atom is -0.484 e. The average molecular weight is 310 g/mol. The number of rotatable bonds is 4. The van der Waals surface area contributed by atoms with E-state index in [1.165, 1.54) is 6.07 Å². The number of nitrogens with zero attached hydrogens (tertiary/aromatic N) is 1. The second-order valence-corrected chi connectivity index (χ2v) is 5.01. The van der Waals surface area contributed by atoms with Gasteiger partial charge in [0.15, 0.2) is 6.61 Å². The predicted molar refractivity (Wildman–Crippen MR) is 85.6 cm³/mol. The molecule has 0 fully saturated rings. The Balaban J connectivity index is 1.65. The van der Waals surface area contributed by atoms with E-state index in [2.05, 4.69) is 10.3 Å². The number of fused-ring (bicyclic) bond motifs is 1. The van der Waals surface area contributed by atoms with E-state index in [4.69, 9.17) is 9.15 Å². The molecule has 0 saturated heterocycles. The molecule has 6 heteroatoms. The van der Waals surface area contributed by atoms with Crippen LogP contribution in [0, 0.1) is 6.92 Å². The van der Waals surface area contributed by atoms with Crippen LogP contribution in [0.3, 0.4) is 0 Å². The molecule has 0 atom stereocenters. The Morgan fingerprint density at radius 1 is 1.22 bits per heavy atom. The van der Waals surface area contributed by atoms with Gasteiger partial charge in [-0.1, -0.05) is 0 Å². The second-order valence-electron chi connectivity index (χ2n) is 5.01. The van der Waals surface area contributed by atoms with Crippen molar-refractivity contribution in [2.45, 2.75) is 6.92 Å². The summed E-state index contributed by atoms with van der Waals surface area (Å²) in [7, 11) is 0. The Hall–Kier alpha value is -3.15. The highest BCUT2D eigenvalue weighted by atomic mass is 16.5. The molecule has 0 bridgehead atoms. The third kappa shape index (κ3) is 3.74. The van der Waals surface area contributed by atoms with Gasteiger partial charge in [0.05, 0.1) is 0 Å². The molecule has 0 aliphatic carbocycles. The van der Waals surface area contributed by atoms with Gasteiger partial charge in [0.1, 0.15) is 17.2 Å². The molecular formula is C17H14N2O4. The van der Waals surface area contributed by atoms with Crippen molar-refractivity contribution in [2.75, 3.05) is 11.9 Å². The maximum absolute atomic E-state index is 11.9. The van der Waals surface area contributed by atoms with Crippen molar-refractivity contribution in [3.63, 3.8) is 0 Å². The summed E-state index contributed by atoms with van der Waals surface area (Å²) in [4.78, 5) is 27.1. The first-order valence-electron chi connectivity index (χ1n) is 6.99. The largest absolute Gasteiger partial charge is 0.484 e. The zero-order valence-electron chi connectivity index (χ0n) is 12.4.